The Kier molecular flexibility index (Phi) is 3.86. The Hall–Kier alpha value is 0.440. The largest absolute Gasteiger partial charge is 0.157 e. The monoisotopic (exact) mass is 226 g/mol. The van der Waals surface area contributed by atoms with Crippen LogP contribution in [-0.2, 0) is 0 Å². The highest BCUT2D eigenvalue weighted by molar-refractivity contribution is 8.02. The van der Waals surface area contributed by atoms with Crippen LogP contribution in [0.1, 0.15) is 0 Å². The minimum atomic E-state index is -0.463. The van der Waals surface area contributed by atoms with E-state index in [1.807, 2.05) is 18.2 Å². The van der Waals surface area contributed by atoms with Crippen molar-refractivity contribution in [2.75, 3.05) is 0 Å². The molecule has 0 saturated carbocycles. The molecule has 0 aliphatic rings. The van der Waals surface area contributed by atoms with Crippen molar-refractivity contribution in [1.82, 2.24) is 0 Å². The molecule has 0 saturated heterocycles. The summed E-state index contributed by atoms with van der Waals surface area (Å²) in [6, 6.07) is 7.44. The smallest absolute Gasteiger partial charge is 0.0928 e. The van der Waals surface area contributed by atoms with E-state index in [-0.39, 0.29) is 0 Å². The maximum absolute atomic E-state index is 5.83. The zero-order chi connectivity index (χ0) is 8.27. The Labute approximate surface area is 84.8 Å². The molecule has 0 fully saturated rings. The Bertz CT molecular complexity index is 237. The summed E-state index contributed by atoms with van der Waals surface area (Å²) in [7, 11) is 0. The fraction of sp³-hybridized carbons (Fsp3) is 0.143. The molecule has 0 atom stereocenters. The third-order valence-electron chi connectivity index (χ3n) is 1.05. The lowest BCUT2D eigenvalue weighted by Gasteiger charge is -2.02. The van der Waals surface area contributed by atoms with E-state index in [0.717, 1.165) is 4.90 Å². The van der Waals surface area contributed by atoms with E-state index in [0.29, 0.717) is 5.02 Å². The molecule has 0 bridgehead atoms. The maximum Gasteiger partial charge on any atom is 0.157 e. The van der Waals surface area contributed by atoms with Gasteiger partial charge in [-0.3, -0.25) is 0 Å². The van der Waals surface area contributed by atoms with Gasteiger partial charge in [0, 0.05) is 4.90 Å². The van der Waals surface area contributed by atoms with Gasteiger partial charge >= 0.3 is 0 Å². The van der Waals surface area contributed by atoms with E-state index >= 15 is 0 Å². The molecule has 0 amide bonds. The molecular formula is C7H5Cl3S. The molecule has 0 radical (unpaired) electrons. The predicted octanol–water partition coefficient (Wildman–Crippen LogP) is 4.19. The lowest BCUT2D eigenvalue weighted by Crippen LogP contribution is -1.78. The molecule has 1 aromatic rings. The van der Waals surface area contributed by atoms with Crippen molar-refractivity contribution in [3.63, 3.8) is 0 Å². The van der Waals surface area contributed by atoms with Crippen LogP contribution in [0.5, 0.6) is 0 Å². The predicted molar refractivity (Wildman–Crippen MR) is 52.8 cm³/mol. The van der Waals surface area contributed by atoms with Gasteiger partial charge in [-0.1, -0.05) is 58.7 Å². The van der Waals surface area contributed by atoms with Crippen molar-refractivity contribution < 1.29 is 0 Å². The molecule has 1 rings (SSSR count). The first-order valence-corrected chi connectivity index (χ1v) is 5.02. The van der Waals surface area contributed by atoms with Gasteiger partial charge < -0.3 is 0 Å². The molecule has 0 aliphatic carbocycles. The molecule has 0 heterocycles. The number of rotatable bonds is 2. The lowest BCUT2D eigenvalue weighted by atomic mass is 10.4. The van der Waals surface area contributed by atoms with Crippen molar-refractivity contribution in [2.45, 2.75) is 9.06 Å². The molecular weight excluding hydrogens is 223 g/mol. The van der Waals surface area contributed by atoms with Crippen LogP contribution in [0.25, 0.3) is 0 Å². The summed E-state index contributed by atoms with van der Waals surface area (Å²) in [4.78, 5) is 0.907. The van der Waals surface area contributed by atoms with Crippen molar-refractivity contribution in [3.8, 4) is 0 Å². The van der Waals surface area contributed by atoms with Crippen LogP contribution in [0, 0.1) is 0 Å². The molecule has 0 aliphatic heterocycles. The fourth-order valence-corrected chi connectivity index (χ4v) is 2.01. The van der Waals surface area contributed by atoms with Crippen LogP contribution in [0.15, 0.2) is 29.2 Å². The topological polar surface area (TPSA) is 0 Å². The minimum Gasteiger partial charge on any atom is -0.0928 e. The Morgan fingerprint density at radius 2 is 1.82 bits per heavy atom. The summed E-state index contributed by atoms with van der Waals surface area (Å²) in [6.07, 6.45) is 0. The van der Waals surface area contributed by atoms with Crippen molar-refractivity contribution in [2.24, 2.45) is 0 Å². The van der Waals surface area contributed by atoms with E-state index in [9.17, 15) is 0 Å². The van der Waals surface area contributed by atoms with Gasteiger partial charge in [0.05, 0.1) is 5.02 Å². The lowest BCUT2D eigenvalue weighted by molar-refractivity contribution is 1.46. The molecule has 0 N–H and O–H groups in total. The number of thioether (sulfide) groups is 1. The van der Waals surface area contributed by atoms with Gasteiger partial charge in [-0.15, -0.1) is 0 Å². The van der Waals surface area contributed by atoms with Crippen LogP contribution in [0.3, 0.4) is 0 Å². The highest BCUT2D eigenvalue weighted by Crippen LogP contribution is 2.33. The van der Waals surface area contributed by atoms with E-state index in [1.165, 1.54) is 11.8 Å². The van der Waals surface area contributed by atoms with E-state index in [1.54, 1.807) is 6.07 Å². The summed E-state index contributed by atoms with van der Waals surface area (Å²) >= 11 is 18.3. The zero-order valence-corrected chi connectivity index (χ0v) is 8.51. The quantitative estimate of drug-likeness (QED) is 0.539. The molecule has 0 nitrogen and oxygen atoms in total. The number of alkyl halides is 2. The molecule has 0 unspecified atom stereocenters. The van der Waals surface area contributed by atoms with Crippen molar-refractivity contribution in [1.29, 1.82) is 0 Å². The third kappa shape index (κ3) is 3.12. The number of halogens is 3. The van der Waals surface area contributed by atoms with E-state index in [4.69, 9.17) is 34.8 Å². The SMILES string of the molecule is Clc1ccccc1SC(Cl)Cl. The van der Waals surface area contributed by atoms with Gasteiger partial charge in [0.25, 0.3) is 0 Å². The first kappa shape index (κ1) is 9.53. The maximum atomic E-state index is 5.83. The highest BCUT2D eigenvalue weighted by atomic mass is 35.5. The Balaban J connectivity index is 2.78. The second kappa shape index (κ2) is 4.46. The third-order valence-corrected chi connectivity index (χ3v) is 2.82. The molecule has 0 aromatic heterocycles. The normalized spacial score (nSPS) is 10.5. The van der Waals surface area contributed by atoms with Gasteiger partial charge in [-0.2, -0.15) is 0 Å². The first-order chi connectivity index (χ1) is 5.20. The molecule has 60 valence electrons. The number of hydrogen-bond acceptors (Lipinski definition) is 1. The van der Waals surface area contributed by atoms with E-state index in [2.05, 4.69) is 0 Å². The average molecular weight is 228 g/mol. The van der Waals surface area contributed by atoms with Crippen molar-refractivity contribution >= 4 is 46.6 Å². The van der Waals surface area contributed by atoms with Gasteiger partial charge in [0.15, 0.2) is 4.17 Å². The average Bonchev–Trinajstić information content (AvgIpc) is 1.93. The molecule has 0 spiro atoms. The summed E-state index contributed by atoms with van der Waals surface area (Å²) < 4.78 is -0.463. The molecule has 1 aromatic carbocycles. The van der Waals surface area contributed by atoms with Gasteiger partial charge in [-0.05, 0) is 12.1 Å². The minimum absolute atomic E-state index is 0.463. The molecule has 11 heavy (non-hydrogen) atoms. The Morgan fingerprint density at radius 1 is 1.18 bits per heavy atom. The fourth-order valence-electron chi connectivity index (χ4n) is 0.636. The van der Waals surface area contributed by atoms with Crippen LogP contribution < -0.4 is 0 Å². The molecule has 4 heteroatoms. The van der Waals surface area contributed by atoms with E-state index < -0.39 is 4.17 Å². The second-order valence-corrected chi connectivity index (χ2v) is 4.98. The standard InChI is InChI=1S/C7H5Cl3S/c8-5-3-1-2-4-6(5)11-7(9)10/h1-4,7H. The summed E-state index contributed by atoms with van der Waals surface area (Å²) in [5, 5.41) is 0.684. The summed E-state index contributed by atoms with van der Waals surface area (Å²) in [6.45, 7) is 0. The summed E-state index contributed by atoms with van der Waals surface area (Å²) in [5.41, 5.74) is 0. The second-order valence-electron chi connectivity index (χ2n) is 1.81. The van der Waals surface area contributed by atoms with Gasteiger partial charge in [0.2, 0.25) is 0 Å². The number of benzene rings is 1. The summed E-state index contributed by atoms with van der Waals surface area (Å²) in [5.74, 6) is 0. The van der Waals surface area contributed by atoms with Crippen molar-refractivity contribution in [3.05, 3.63) is 29.3 Å². The Morgan fingerprint density at radius 3 is 2.36 bits per heavy atom. The van der Waals surface area contributed by atoms with Crippen LogP contribution in [-0.4, -0.2) is 4.17 Å². The van der Waals surface area contributed by atoms with Crippen LogP contribution in [0.2, 0.25) is 5.02 Å². The number of hydrogen-bond donors (Lipinski definition) is 0. The van der Waals surface area contributed by atoms with Gasteiger partial charge in [-0.25, -0.2) is 0 Å². The van der Waals surface area contributed by atoms with Crippen LogP contribution >= 0.6 is 46.6 Å². The van der Waals surface area contributed by atoms with Crippen LogP contribution in [0.4, 0.5) is 0 Å². The zero-order valence-electron chi connectivity index (χ0n) is 5.43. The highest BCUT2D eigenvalue weighted by Gasteiger charge is 2.04. The van der Waals surface area contributed by atoms with Gasteiger partial charge in [0.1, 0.15) is 0 Å². The first-order valence-electron chi connectivity index (χ1n) is 2.89.